The van der Waals surface area contributed by atoms with Crippen molar-refractivity contribution in [2.24, 2.45) is 5.92 Å². The summed E-state index contributed by atoms with van der Waals surface area (Å²) in [6.07, 6.45) is 3.24. The fourth-order valence-corrected chi connectivity index (χ4v) is 3.53. The van der Waals surface area contributed by atoms with Gasteiger partial charge in [0, 0.05) is 11.6 Å². The molecule has 1 fully saturated rings. The molecule has 1 aromatic carbocycles. The van der Waals surface area contributed by atoms with Crippen molar-refractivity contribution in [2.75, 3.05) is 0 Å². The molecule has 1 saturated carbocycles. The van der Waals surface area contributed by atoms with Gasteiger partial charge < -0.3 is 15.4 Å². The summed E-state index contributed by atoms with van der Waals surface area (Å²) in [5.41, 5.74) is 1.60. The van der Waals surface area contributed by atoms with E-state index in [9.17, 15) is 14.4 Å². The van der Waals surface area contributed by atoms with Gasteiger partial charge >= 0.3 is 5.97 Å². The van der Waals surface area contributed by atoms with Gasteiger partial charge in [-0.25, -0.2) is 4.79 Å². The predicted octanol–water partition coefficient (Wildman–Crippen LogP) is 3.73. The molecule has 6 nitrogen and oxygen atoms in total. The Hall–Kier alpha value is -2.37. The molecular formula is C24H36N2O4. The minimum Gasteiger partial charge on any atom is -0.451 e. The Morgan fingerprint density at radius 2 is 1.57 bits per heavy atom. The number of carbonyl (C=O) groups is 3. The summed E-state index contributed by atoms with van der Waals surface area (Å²) in [6, 6.07) is 6.70. The summed E-state index contributed by atoms with van der Waals surface area (Å²) in [5.74, 6) is -1.41. The molecule has 0 saturated heterocycles. The number of esters is 1. The smallest absolute Gasteiger partial charge is 0.329 e. The lowest BCUT2D eigenvalue weighted by Crippen LogP contribution is -2.48. The van der Waals surface area contributed by atoms with Crippen LogP contribution < -0.4 is 10.6 Å². The summed E-state index contributed by atoms with van der Waals surface area (Å²) >= 11 is 0. The number of benzene rings is 1. The summed E-state index contributed by atoms with van der Waals surface area (Å²) in [5, 5.41) is 5.70. The van der Waals surface area contributed by atoms with Crippen LogP contribution in [0.15, 0.2) is 24.3 Å². The number of amides is 2. The van der Waals surface area contributed by atoms with Gasteiger partial charge in [-0.15, -0.1) is 0 Å². The summed E-state index contributed by atoms with van der Waals surface area (Å²) in [7, 11) is 0. The van der Waals surface area contributed by atoms with Crippen LogP contribution in [0.4, 0.5) is 0 Å². The molecule has 2 amide bonds. The average Bonchev–Trinajstić information content (AvgIpc) is 3.17. The molecule has 0 aliphatic heterocycles. The van der Waals surface area contributed by atoms with Crippen molar-refractivity contribution in [3.05, 3.63) is 35.4 Å². The van der Waals surface area contributed by atoms with Gasteiger partial charge in [0.05, 0.1) is 0 Å². The molecule has 0 bridgehead atoms. The molecule has 1 aliphatic rings. The topological polar surface area (TPSA) is 84.5 Å². The van der Waals surface area contributed by atoms with E-state index in [4.69, 9.17) is 4.74 Å². The first-order valence-electron chi connectivity index (χ1n) is 10.9. The van der Waals surface area contributed by atoms with E-state index in [1.54, 1.807) is 19.1 Å². The maximum absolute atomic E-state index is 12.7. The third kappa shape index (κ3) is 6.57. The molecule has 1 aliphatic carbocycles. The fraction of sp³-hybridized carbons (Fsp3) is 0.625. The summed E-state index contributed by atoms with van der Waals surface area (Å²) in [6.45, 7) is 11.5. The van der Waals surface area contributed by atoms with Crippen molar-refractivity contribution in [2.45, 2.75) is 90.8 Å². The number of hydrogen-bond donors (Lipinski definition) is 2. The van der Waals surface area contributed by atoms with Crippen molar-refractivity contribution in [1.29, 1.82) is 0 Å². The van der Waals surface area contributed by atoms with Crippen molar-refractivity contribution >= 4 is 17.8 Å². The lowest BCUT2D eigenvalue weighted by atomic mass is 9.86. The molecule has 30 heavy (non-hydrogen) atoms. The average molecular weight is 417 g/mol. The fourth-order valence-electron chi connectivity index (χ4n) is 3.53. The zero-order valence-electron chi connectivity index (χ0n) is 19.1. The predicted molar refractivity (Wildman–Crippen MR) is 117 cm³/mol. The molecule has 6 heteroatoms. The number of ether oxygens (including phenoxy) is 1. The van der Waals surface area contributed by atoms with Gasteiger partial charge in [-0.1, -0.05) is 59.6 Å². The second kappa shape index (κ2) is 10.1. The second-order valence-corrected chi connectivity index (χ2v) is 9.59. The van der Waals surface area contributed by atoms with Crippen molar-refractivity contribution in [1.82, 2.24) is 10.6 Å². The first-order chi connectivity index (χ1) is 14.0. The van der Waals surface area contributed by atoms with Crippen LogP contribution in [0.25, 0.3) is 0 Å². The van der Waals surface area contributed by atoms with Crippen LogP contribution in [-0.2, 0) is 19.7 Å². The highest BCUT2D eigenvalue weighted by Gasteiger charge is 2.30. The van der Waals surface area contributed by atoms with Crippen LogP contribution in [-0.4, -0.2) is 36.0 Å². The van der Waals surface area contributed by atoms with E-state index in [-0.39, 0.29) is 29.2 Å². The highest BCUT2D eigenvalue weighted by Crippen LogP contribution is 2.22. The first-order valence-corrected chi connectivity index (χ1v) is 10.9. The standard InChI is InChI=1S/C24H36N2O4/c1-15(2)20(23(29)30-16(3)21(27)25-19-9-7-8-10-19)26-22(28)17-11-13-18(14-12-17)24(4,5)6/h11-16,19-20H,7-10H2,1-6H3,(H,25,27)(H,26,28)/t16-,20-/m0/s1. The Morgan fingerprint density at radius 1 is 1.00 bits per heavy atom. The number of nitrogens with one attached hydrogen (secondary N) is 2. The highest BCUT2D eigenvalue weighted by atomic mass is 16.5. The quantitative estimate of drug-likeness (QED) is 0.664. The van der Waals surface area contributed by atoms with Crippen molar-refractivity contribution < 1.29 is 19.1 Å². The Bertz CT molecular complexity index is 743. The van der Waals surface area contributed by atoms with Gasteiger partial charge in [-0.05, 0) is 48.8 Å². The third-order valence-electron chi connectivity index (χ3n) is 5.58. The molecule has 2 rings (SSSR count). The van der Waals surface area contributed by atoms with E-state index in [1.807, 2.05) is 26.0 Å². The first kappa shape index (κ1) is 23.9. The van der Waals surface area contributed by atoms with Crippen LogP contribution >= 0.6 is 0 Å². The van der Waals surface area contributed by atoms with Crippen LogP contribution in [0.3, 0.4) is 0 Å². The molecule has 0 heterocycles. The molecule has 2 atom stereocenters. The Balaban J connectivity index is 1.97. The van der Waals surface area contributed by atoms with Crippen LogP contribution in [0.1, 0.15) is 83.1 Å². The molecular weight excluding hydrogens is 380 g/mol. The van der Waals surface area contributed by atoms with Gasteiger partial charge in [0.15, 0.2) is 6.10 Å². The largest absolute Gasteiger partial charge is 0.451 e. The molecule has 0 unspecified atom stereocenters. The summed E-state index contributed by atoms with van der Waals surface area (Å²) in [4.78, 5) is 37.7. The Morgan fingerprint density at radius 3 is 2.07 bits per heavy atom. The monoisotopic (exact) mass is 416 g/mol. The third-order valence-corrected chi connectivity index (χ3v) is 5.58. The van der Waals surface area contributed by atoms with Crippen LogP contribution in [0.2, 0.25) is 0 Å². The SMILES string of the molecule is CC(C)[C@H](NC(=O)c1ccc(C(C)(C)C)cc1)C(=O)O[C@@H](C)C(=O)NC1CCCC1. The number of rotatable bonds is 7. The molecule has 0 aromatic heterocycles. The molecule has 2 N–H and O–H groups in total. The van der Waals surface area contributed by atoms with Crippen LogP contribution in [0.5, 0.6) is 0 Å². The maximum atomic E-state index is 12.7. The highest BCUT2D eigenvalue weighted by molar-refractivity contribution is 5.97. The van der Waals surface area contributed by atoms with Crippen molar-refractivity contribution in [3.8, 4) is 0 Å². The van der Waals surface area contributed by atoms with E-state index in [2.05, 4.69) is 31.4 Å². The van der Waals surface area contributed by atoms with E-state index in [0.717, 1.165) is 31.2 Å². The summed E-state index contributed by atoms with van der Waals surface area (Å²) < 4.78 is 5.38. The minimum absolute atomic E-state index is 0.00547. The Labute approximate surface area is 180 Å². The van der Waals surface area contributed by atoms with E-state index >= 15 is 0 Å². The van der Waals surface area contributed by atoms with Gasteiger partial charge in [-0.2, -0.15) is 0 Å². The van der Waals surface area contributed by atoms with Gasteiger partial charge in [0.2, 0.25) is 0 Å². The lowest BCUT2D eigenvalue weighted by Gasteiger charge is -2.24. The van der Waals surface area contributed by atoms with E-state index < -0.39 is 18.1 Å². The van der Waals surface area contributed by atoms with Gasteiger partial charge in [0.1, 0.15) is 6.04 Å². The van der Waals surface area contributed by atoms with E-state index in [1.165, 1.54) is 0 Å². The molecule has 0 radical (unpaired) electrons. The van der Waals surface area contributed by atoms with Crippen molar-refractivity contribution in [3.63, 3.8) is 0 Å². The second-order valence-electron chi connectivity index (χ2n) is 9.59. The van der Waals surface area contributed by atoms with Gasteiger partial charge in [-0.3, -0.25) is 9.59 Å². The molecule has 166 valence electrons. The maximum Gasteiger partial charge on any atom is 0.329 e. The van der Waals surface area contributed by atoms with Gasteiger partial charge in [0.25, 0.3) is 11.8 Å². The molecule has 1 aromatic rings. The number of carbonyl (C=O) groups excluding carboxylic acids is 3. The zero-order chi connectivity index (χ0) is 22.5. The normalized spacial score (nSPS) is 16.8. The number of hydrogen-bond acceptors (Lipinski definition) is 4. The van der Waals surface area contributed by atoms with E-state index in [0.29, 0.717) is 5.56 Å². The Kier molecular flexibility index (Phi) is 8.04. The lowest BCUT2D eigenvalue weighted by molar-refractivity contribution is -0.157. The van der Waals surface area contributed by atoms with Crippen LogP contribution in [0, 0.1) is 5.92 Å². The minimum atomic E-state index is -0.901. The zero-order valence-corrected chi connectivity index (χ0v) is 19.1. The molecule has 0 spiro atoms.